The van der Waals surface area contributed by atoms with E-state index < -0.39 is 5.82 Å². The van der Waals surface area contributed by atoms with Gasteiger partial charge >= 0.3 is 0 Å². The molecule has 0 radical (unpaired) electrons. The zero-order valence-corrected chi connectivity index (χ0v) is 23.2. The van der Waals surface area contributed by atoms with Gasteiger partial charge in [0.1, 0.15) is 17.4 Å². The quantitative estimate of drug-likeness (QED) is 0.231. The van der Waals surface area contributed by atoms with Crippen LogP contribution in [0.15, 0.2) is 59.6 Å². The second kappa shape index (κ2) is 10.5. The van der Waals surface area contributed by atoms with Crippen molar-refractivity contribution in [2.45, 2.75) is 31.1 Å². The summed E-state index contributed by atoms with van der Waals surface area (Å²) in [6.07, 6.45) is 0. The van der Waals surface area contributed by atoms with Gasteiger partial charge < -0.3 is 15.4 Å². The molecule has 4 rings (SSSR count). The third-order valence-corrected chi connectivity index (χ3v) is 8.50. The maximum Gasteiger partial charge on any atom is 0.164 e. The highest BCUT2D eigenvalue weighted by molar-refractivity contribution is 14.1. The van der Waals surface area contributed by atoms with E-state index in [0.29, 0.717) is 12.1 Å². The molecular weight excluding hydrogens is 603 g/mol. The maximum absolute atomic E-state index is 14.6. The van der Waals surface area contributed by atoms with Crippen molar-refractivity contribution in [1.29, 1.82) is 0 Å². The van der Waals surface area contributed by atoms with Gasteiger partial charge in [0.15, 0.2) is 5.17 Å². The molecule has 184 valence electrons. The molecule has 1 aliphatic rings. The summed E-state index contributed by atoms with van der Waals surface area (Å²) in [4.78, 5) is 6.94. The summed E-state index contributed by atoms with van der Waals surface area (Å²) in [6.45, 7) is 4.85. The van der Waals surface area contributed by atoms with E-state index in [1.807, 2.05) is 6.07 Å². The van der Waals surface area contributed by atoms with Crippen molar-refractivity contribution in [3.63, 3.8) is 0 Å². The summed E-state index contributed by atoms with van der Waals surface area (Å²) < 4.78 is 34.9. The van der Waals surface area contributed by atoms with E-state index in [2.05, 4.69) is 53.5 Å². The largest absolute Gasteiger partial charge is 0.496 e. The van der Waals surface area contributed by atoms with Crippen molar-refractivity contribution in [3.8, 4) is 5.75 Å². The van der Waals surface area contributed by atoms with Gasteiger partial charge in [0.05, 0.1) is 23.3 Å². The van der Waals surface area contributed by atoms with E-state index in [1.54, 1.807) is 25.3 Å². The number of hydrogen-bond donors (Lipinski definition) is 1. The van der Waals surface area contributed by atoms with Gasteiger partial charge in [-0.25, -0.2) is 8.78 Å². The first-order valence-electron chi connectivity index (χ1n) is 10.9. The molecule has 0 saturated carbocycles. The Morgan fingerprint density at radius 3 is 2.54 bits per heavy atom. The molecule has 1 atom stereocenters. The first-order valence-corrected chi connectivity index (χ1v) is 13.4. The number of thioether (sulfide) groups is 1. The van der Waals surface area contributed by atoms with E-state index in [0.717, 1.165) is 25.7 Å². The third-order valence-electron chi connectivity index (χ3n) is 6.26. The molecule has 9 heteroatoms. The Labute approximate surface area is 227 Å². The van der Waals surface area contributed by atoms with Crippen molar-refractivity contribution >= 4 is 62.5 Å². The van der Waals surface area contributed by atoms with Crippen molar-refractivity contribution in [3.05, 3.63) is 86.0 Å². The van der Waals surface area contributed by atoms with Crippen molar-refractivity contribution in [2.75, 3.05) is 24.3 Å². The smallest absolute Gasteiger partial charge is 0.164 e. The lowest BCUT2D eigenvalue weighted by molar-refractivity contribution is 0.401. The summed E-state index contributed by atoms with van der Waals surface area (Å²) >= 11 is 9.92. The number of rotatable bonds is 6. The topological polar surface area (TPSA) is 50.9 Å². The van der Waals surface area contributed by atoms with Crippen LogP contribution in [-0.4, -0.2) is 24.9 Å². The van der Waals surface area contributed by atoms with Gasteiger partial charge in [-0.05, 0) is 76.7 Å². The van der Waals surface area contributed by atoms with Gasteiger partial charge in [-0.3, -0.25) is 4.99 Å². The summed E-state index contributed by atoms with van der Waals surface area (Å²) in [5, 5.41) is 1.00. The van der Waals surface area contributed by atoms with Crippen molar-refractivity contribution < 1.29 is 13.5 Å². The molecule has 1 unspecified atom stereocenters. The van der Waals surface area contributed by atoms with Crippen LogP contribution in [0.4, 0.5) is 20.2 Å². The highest BCUT2D eigenvalue weighted by atomic mass is 127. The Bertz CT molecular complexity index is 1250. The van der Waals surface area contributed by atoms with E-state index in [1.165, 1.54) is 30.0 Å². The lowest BCUT2D eigenvalue weighted by Crippen LogP contribution is -2.48. The van der Waals surface area contributed by atoms with Crippen LogP contribution in [0, 0.1) is 15.2 Å². The number of anilines is 2. The van der Waals surface area contributed by atoms with E-state index in [9.17, 15) is 8.78 Å². The van der Waals surface area contributed by atoms with Crippen LogP contribution in [0.1, 0.15) is 25.0 Å². The number of ether oxygens (including phenoxy) is 1. The molecule has 0 spiro atoms. The predicted molar refractivity (Wildman–Crippen MR) is 151 cm³/mol. The Balaban J connectivity index is 1.68. The molecule has 0 aliphatic carbocycles. The number of aliphatic imine (C=N–C) groups is 1. The Morgan fingerprint density at radius 1 is 1.17 bits per heavy atom. The minimum absolute atomic E-state index is 0.0630. The zero-order chi connectivity index (χ0) is 25.3. The van der Waals surface area contributed by atoms with E-state index >= 15 is 0 Å². The van der Waals surface area contributed by atoms with Crippen molar-refractivity contribution in [2.24, 2.45) is 4.99 Å². The summed E-state index contributed by atoms with van der Waals surface area (Å²) in [7, 11) is 1.66. The Hall–Kier alpha value is -2.04. The molecule has 0 bridgehead atoms. The van der Waals surface area contributed by atoms with Crippen LogP contribution in [0.25, 0.3) is 0 Å². The van der Waals surface area contributed by atoms with Crippen LogP contribution in [0.5, 0.6) is 5.75 Å². The molecule has 0 amide bonds. The molecule has 0 saturated heterocycles. The lowest BCUT2D eigenvalue weighted by atomic mass is 9.77. The molecular formula is C26H25ClF2IN3OS. The summed E-state index contributed by atoms with van der Waals surface area (Å²) in [5.41, 5.74) is 7.92. The number of halogens is 4. The van der Waals surface area contributed by atoms with Crippen LogP contribution < -0.4 is 15.4 Å². The molecule has 3 aromatic rings. The first kappa shape index (κ1) is 26.0. The SMILES string of the molecule is COc1cc(C(C)(C)C2CN=C(SCc3c(F)cc(N)cc3Cl)N2c2ccc(F)cc2)ccc1I. The normalized spacial score (nSPS) is 15.9. The molecule has 1 heterocycles. The second-order valence-corrected chi connectivity index (χ2v) is 11.3. The van der Waals surface area contributed by atoms with Gasteiger partial charge in [0, 0.05) is 33.1 Å². The fraction of sp³-hybridized carbons (Fsp3) is 0.269. The average molecular weight is 628 g/mol. The van der Waals surface area contributed by atoms with Gasteiger partial charge in [-0.2, -0.15) is 0 Å². The first-order chi connectivity index (χ1) is 16.6. The number of nitrogens with two attached hydrogens (primary N) is 1. The highest BCUT2D eigenvalue weighted by Crippen LogP contribution is 2.40. The molecule has 0 aromatic heterocycles. The number of hydrogen-bond acceptors (Lipinski definition) is 5. The minimum Gasteiger partial charge on any atom is -0.496 e. The lowest BCUT2D eigenvalue weighted by Gasteiger charge is -2.39. The predicted octanol–water partition coefficient (Wildman–Crippen LogP) is 7.27. The summed E-state index contributed by atoms with van der Waals surface area (Å²) in [6, 6.07) is 15.3. The number of methoxy groups -OCH3 is 1. The highest BCUT2D eigenvalue weighted by Gasteiger charge is 2.41. The monoisotopic (exact) mass is 627 g/mol. The minimum atomic E-state index is -0.447. The maximum atomic E-state index is 14.6. The number of amidine groups is 1. The number of nitrogens with zero attached hydrogens (tertiary/aromatic N) is 2. The third kappa shape index (κ3) is 5.39. The number of benzene rings is 3. The molecule has 2 N–H and O–H groups in total. The van der Waals surface area contributed by atoms with E-state index in [4.69, 9.17) is 27.1 Å². The van der Waals surface area contributed by atoms with Crippen LogP contribution in [0.3, 0.4) is 0 Å². The molecule has 4 nitrogen and oxygen atoms in total. The Kier molecular flexibility index (Phi) is 7.83. The molecule has 35 heavy (non-hydrogen) atoms. The van der Waals surface area contributed by atoms with Gasteiger partial charge in [0.25, 0.3) is 0 Å². The molecule has 3 aromatic carbocycles. The van der Waals surface area contributed by atoms with E-state index in [-0.39, 0.29) is 33.7 Å². The Morgan fingerprint density at radius 2 is 1.89 bits per heavy atom. The van der Waals surface area contributed by atoms with Crippen LogP contribution in [0.2, 0.25) is 5.02 Å². The fourth-order valence-corrected chi connectivity index (χ4v) is 6.19. The van der Waals surface area contributed by atoms with Gasteiger partial charge in [-0.1, -0.05) is 43.3 Å². The zero-order valence-electron chi connectivity index (χ0n) is 19.5. The second-order valence-electron chi connectivity index (χ2n) is 8.81. The average Bonchev–Trinajstić information content (AvgIpc) is 3.24. The van der Waals surface area contributed by atoms with Crippen LogP contribution in [-0.2, 0) is 11.2 Å². The van der Waals surface area contributed by atoms with Gasteiger partial charge in [0.2, 0.25) is 0 Å². The standard InChI is InChI=1S/C26H25ClF2IN3OS/c1-26(2,15-4-9-22(30)23(10-15)34-3)24-13-32-25(33(24)18-7-5-16(28)6-8-18)35-14-19-20(27)11-17(31)12-21(19)29/h4-12,24H,13-14,31H2,1-3H3. The number of nitrogen functional groups attached to an aromatic ring is 1. The fourth-order valence-electron chi connectivity index (χ4n) is 4.16. The molecule has 1 aliphatic heterocycles. The van der Waals surface area contributed by atoms with Crippen molar-refractivity contribution in [1.82, 2.24) is 0 Å². The van der Waals surface area contributed by atoms with Gasteiger partial charge in [-0.15, -0.1) is 0 Å². The molecule has 0 fully saturated rings. The summed E-state index contributed by atoms with van der Waals surface area (Å²) in [5.74, 6) is 0.336. The van der Waals surface area contributed by atoms with Crippen LogP contribution >= 0.6 is 46.0 Å².